The predicted molar refractivity (Wildman–Crippen MR) is 82.5 cm³/mol. The van der Waals surface area contributed by atoms with Crippen LogP contribution in [0.3, 0.4) is 0 Å². The maximum atomic E-state index is 5.83. The third kappa shape index (κ3) is 3.52. The summed E-state index contributed by atoms with van der Waals surface area (Å²) in [6.07, 6.45) is 0. The van der Waals surface area contributed by atoms with Gasteiger partial charge in [-0.05, 0) is 60.0 Å². The summed E-state index contributed by atoms with van der Waals surface area (Å²) in [4.78, 5) is 0. The molecule has 0 unspecified atom stereocenters. The second kappa shape index (κ2) is 6.14. The molecule has 0 N–H and O–H groups in total. The lowest BCUT2D eigenvalue weighted by molar-refractivity contribution is 0.482. The maximum absolute atomic E-state index is 5.83. The summed E-state index contributed by atoms with van der Waals surface area (Å²) in [6, 6.07) is 13.1. The van der Waals surface area contributed by atoms with E-state index in [-0.39, 0.29) is 0 Å². The zero-order chi connectivity index (χ0) is 13.8. The van der Waals surface area contributed by atoms with Crippen LogP contribution in [0.25, 0.3) is 5.57 Å². The zero-order valence-corrected chi connectivity index (χ0v) is 12.1. The number of halogens is 2. The molecule has 0 aliphatic carbocycles. The fourth-order valence-corrected chi connectivity index (χ4v) is 2.08. The minimum atomic E-state index is 0.429. The minimum Gasteiger partial charge on any atom is -0.457 e. The van der Waals surface area contributed by atoms with E-state index in [9.17, 15) is 0 Å². The topological polar surface area (TPSA) is 9.23 Å². The number of allylic oxidation sites excluding steroid dienone is 1. The maximum Gasteiger partial charge on any atom is 0.127 e. The van der Waals surface area contributed by atoms with Gasteiger partial charge in [-0.1, -0.05) is 24.2 Å². The zero-order valence-electron chi connectivity index (χ0n) is 10.6. The summed E-state index contributed by atoms with van der Waals surface area (Å²) in [7, 11) is 0. The van der Waals surface area contributed by atoms with Crippen molar-refractivity contribution in [2.45, 2.75) is 6.92 Å². The van der Waals surface area contributed by atoms with Crippen LogP contribution in [0, 0.1) is 6.92 Å². The van der Waals surface area contributed by atoms with Gasteiger partial charge in [0.15, 0.2) is 0 Å². The summed E-state index contributed by atoms with van der Waals surface area (Å²) in [5.74, 6) is 1.97. The lowest BCUT2D eigenvalue weighted by Crippen LogP contribution is -1.91. The van der Waals surface area contributed by atoms with Crippen LogP contribution in [-0.2, 0) is 0 Å². The molecule has 19 heavy (non-hydrogen) atoms. The molecule has 0 aromatic heterocycles. The number of rotatable bonds is 4. The van der Waals surface area contributed by atoms with E-state index >= 15 is 0 Å². The number of aryl methyl sites for hydroxylation is 1. The Labute approximate surface area is 123 Å². The molecule has 0 amide bonds. The van der Waals surface area contributed by atoms with Crippen LogP contribution < -0.4 is 4.74 Å². The molecule has 0 heterocycles. The normalized spacial score (nSPS) is 10.3. The molecule has 2 rings (SSSR count). The first-order chi connectivity index (χ1) is 9.10. The smallest absolute Gasteiger partial charge is 0.127 e. The first-order valence-corrected chi connectivity index (χ1v) is 6.79. The lowest BCUT2D eigenvalue weighted by Gasteiger charge is -2.10. The van der Waals surface area contributed by atoms with Crippen LogP contribution in [0.4, 0.5) is 0 Å². The van der Waals surface area contributed by atoms with Gasteiger partial charge in [0.2, 0.25) is 0 Å². The molecule has 0 aliphatic heterocycles. The Kier molecular flexibility index (Phi) is 4.52. The highest BCUT2D eigenvalue weighted by molar-refractivity contribution is 6.30. The second-order valence-electron chi connectivity index (χ2n) is 4.27. The van der Waals surface area contributed by atoms with Crippen LogP contribution in [-0.4, -0.2) is 5.88 Å². The van der Waals surface area contributed by atoms with Gasteiger partial charge in [-0.25, -0.2) is 0 Å². The van der Waals surface area contributed by atoms with Crippen LogP contribution in [0.2, 0.25) is 5.02 Å². The number of ether oxygens (including phenoxy) is 1. The van der Waals surface area contributed by atoms with Crippen molar-refractivity contribution in [2.75, 3.05) is 5.88 Å². The molecular weight excluding hydrogens is 279 g/mol. The average molecular weight is 293 g/mol. The Hall–Kier alpha value is -1.44. The highest BCUT2D eigenvalue weighted by atomic mass is 35.5. The third-order valence-corrected chi connectivity index (χ3v) is 3.36. The van der Waals surface area contributed by atoms with E-state index in [2.05, 4.69) is 6.58 Å². The molecule has 3 heteroatoms. The van der Waals surface area contributed by atoms with E-state index in [0.29, 0.717) is 10.9 Å². The molecule has 0 bridgehead atoms. The monoisotopic (exact) mass is 292 g/mol. The van der Waals surface area contributed by atoms with Gasteiger partial charge in [0.25, 0.3) is 0 Å². The van der Waals surface area contributed by atoms with Crippen LogP contribution in [0.5, 0.6) is 11.5 Å². The molecule has 0 atom stereocenters. The quantitative estimate of drug-likeness (QED) is 0.658. The van der Waals surface area contributed by atoms with Gasteiger partial charge in [-0.3, -0.25) is 0 Å². The molecule has 2 aromatic carbocycles. The Morgan fingerprint density at radius 3 is 2.32 bits per heavy atom. The van der Waals surface area contributed by atoms with E-state index < -0.39 is 0 Å². The van der Waals surface area contributed by atoms with Crippen molar-refractivity contribution >= 4 is 28.8 Å². The molecule has 98 valence electrons. The van der Waals surface area contributed by atoms with E-state index in [1.165, 1.54) is 0 Å². The predicted octanol–water partition coefficient (Wildman–Crippen LogP) is 5.69. The minimum absolute atomic E-state index is 0.429. The Bertz CT molecular complexity index is 588. The SMILES string of the molecule is C=C(CCl)c1ccc(Oc2ccc(Cl)cc2)cc1C. The molecule has 2 aromatic rings. The van der Waals surface area contributed by atoms with Crippen molar-refractivity contribution in [2.24, 2.45) is 0 Å². The lowest BCUT2D eigenvalue weighted by atomic mass is 10.0. The van der Waals surface area contributed by atoms with Crippen molar-refractivity contribution in [1.82, 2.24) is 0 Å². The van der Waals surface area contributed by atoms with Gasteiger partial charge in [-0.2, -0.15) is 0 Å². The largest absolute Gasteiger partial charge is 0.457 e. The van der Waals surface area contributed by atoms with Crippen LogP contribution in [0.15, 0.2) is 49.0 Å². The summed E-state index contributed by atoms with van der Waals surface area (Å²) in [6.45, 7) is 5.96. The van der Waals surface area contributed by atoms with Crippen LogP contribution in [0.1, 0.15) is 11.1 Å². The highest BCUT2D eigenvalue weighted by Crippen LogP contribution is 2.27. The summed E-state index contributed by atoms with van der Waals surface area (Å²) >= 11 is 11.6. The molecule has 0 aliphatic rings. The van der Waals surface area contributed by atoms with Crippen molar-refractivity contribution in [3.8, 4) is 11.5 Å². The standard InChI is InChI=1S/C16H14Cl2O/c1-11-9-15(7-8-16(11)12(2)10-17)19-14-5-3-13(18)4-6-14/h3-9H,2,10H2,1H3. The van der Waals surface area contributed by atoms with Crippen molar-refractivity contribution < 1.29 is 4.74 Å². The average Bonchev–Trinajstić information content (AvgIpc) is 2.41. The molecule has 0 radical (unpaired) electrons. The summed E-state index contributed by atoms with van der Waals surface area (Å²) in [5, 5.41) is 0.692. The van der Waals surface area contributed by atoms with E-state index in [1.54, 1.807) is 12.1 Å². The molecular formula is C16H14Cl2O. The number of hydrogen-bond acceptors (Lipinski definition) is 1. The van der Waals surface area contributed by atoms with Crippen molar-refractivity contribution in [3.05, 3.63) is 65.2 Å². The number of alkyl halides is 1. The first kappa shape index (κ1) is 14.0. The van der Waals surface area contributed by atoms with E-state index in [0.717, 1.165) is 28.2 Å². The number of benzene rings is 2. The Balaban J connectivity index is 2.20. The molecule has 0 saturated heterocycles. The van der Waals surface area contributed by atoms with Gasteiger partial charge in [0, 0.05) is 10.9 Å². The molecule has 0 fully saturated rings. The van der Waals surface area contributed by atoms with Gasteiger partial charge < -0.3 is 4.74 Å². The van der Waals surface area contributed by atoms with Gasteiger partial charge in [-0.15, -0.1) is 11.6 Å². The summed E-state index contributed by atoms with van der Waals surface area (Å²) < 4.78 is 5.76. The first-order valence-electron chi connectivity index (χ1n) is 5.88. The van der Waals surface area contributed by atoms with Crippen molar-refractivity contribution in [3.63, 3.8) is 0 Å². The van der Waals surface area contributed by atoms with E-state index in [4.69, 9.17) is 27.9 Å². The molecule has 0 spiro atoms. The van der Waals surface area contributed by atoms with Gasteiger partial charge in [0.1, 0.15) is 11.5 Å². The fourth-order valence-electron chi connectivity index (χ4n) is 1.81. The highest BCUT2D eigenvalue weighted by Gasteiger charge is 2.04. The Morgan fingerprint density at radius 2 is 1.74 bits per heavy atom. The van der Waals surface area contributed by atoms with Gasteiger partial charge in [0.05, 0.1) is 0 Å². The van der Waals surface area contributed by atoms with E-state index in [1.807, 2.05) is 37.3 Å². The number of hydrogen-bond donors (Lipinski definition) is 0. The fraction of sp³-hybridized carbons (Fsp3) is 0.125. The van der Waals surface area contributed by atoms with Crippen LogP contribution >= 0.6 is 23.2 Å². The molecule has 1 nitrogen and oxygen atoms in total. The van der Waals surface area contributed by atoms with Gasteiger partial charge >= 0.3 is 0 Å². The second-order valence-corrected chi connectivity index (χ2v) is 4.97. The van der Waals surface area contributed by atoms with Crippen molar-refractivity contribution in [1.29, 1.82) is 0 Å². The summed E-state index contributed by atoms with van der Waals surface area (Å²) in [5.41, 5.74) is 3.08. The molecule has 0 saturated carbocycles. The Morgan fingerprint density at radius 1 is 1.11 bits per heavy atom. The third-order valence-electron chi connectivity index (χ3n) is 2.79.